The minimum Gasteiger partial charge on any atom is -0.390 e. The summed E-state index contributed by atoms with van der Waals surface area (Å²) in [5.74, 6) is 0.156. The van der Waals surface area contributed by atoms with Crippen molar-refractivity contribution in [2.24, 2.45) is 0 Å². The van der Waals surface area contributed by atoms with Gasteiger partial charge in [-0.1, -0.05) is 6.58 Å². The maximum Gasteiger partial charge on any atom is 0.195 e. The standard InChI is InChI=1S/C8H10N2O2/c1-3-10-4-7(5-11)9-8(10)6(2)12/h3-4,11H,1,5H2,2H3. The van der Waals surface area contributed by atoms with Crippen molar-refractivity contribution >= 4 is 12.0 Å². The lowest BCUT2D eigenvalue weighted by Crippen LogP contribution is -2.01. The molecule has 0 fully saturated rings. The number of hydrogen-bond acceptors (Lipinski definition) is 3. The lowest BCUT2D eigenvalue weighted by Gasteiger charge is -1.93. The van der Waals surface area contributed by atoms with Gasteiger partial charge in [0.25, 0.3) is 0 Å². The van der Waals surface area contributed by atoms with Crippen LogP contribution >= 0.6 is 0 Å². The van der Waals surface area contributed by atoms with Crippen LogP contribution in [0.2, 0.25) is 0 Å². The predicted octanol–water partition coefficient (Wildman–Crippen LogP) is 0.678. The van der Waals surface area contributed by atoms with Crippen LogP contribution in [0, 0.1) is 0 Å². The summed E-state index contributed by atoms with van der Waals surface area (Å²) in [5.41, 5.74) is 0.472. The molecule has 1 heterocycles. The second-order valence-electron chi connectivity index (χ2n) is 2.36. The summed E-state index contributed by atoms with van der Waals surface area (Å²) >= 11 is 0. The van der Waals surface area contributed by atoms with Gasteiger partial charge in [0.05, 0.1) is 12.3 Å². The molecule has 0 bridgehead atoms. The second kappa shape index (κ2) is 3.32. The van der Waals surface area contributed by atoms with Gasteiger partial charge < -0.3 is 9.67 Å². The highest BCUT2D eigenvalue weighted by Gasteiger charge is 2.08. The van der Waals surface area contributed by atoms with Crippen LogP contribution in [0.4, 0.5) is 0 Å². The zero-order valence-corrected chi connectivity index (χ0v) is 6.82. The number of hydrogen-bond donors (Lipinski definition) is 1. The summed E-state index contributed by atoms with van der Waals surface area (Å²) < 4.78 is 1.49. The third-order valence-electron chi connectivity index (χ3n) is 1.46. The van der Waals surface area contributed by atoms with Crippen molar-refractivity contribution in [3.63, 3.8) is 0 Å². The molecule has 0 radical (unpaired) electrons. The Morgan fingerprint density at radius 3 is 2.92 bits per heavy atom. The minimum atomic E-state index is -0.166. The van der Waals surface area contributed by atoms with E-state index in [0.717, 1.165) is 0 Å². The summed E-state index contributed by atoms with van der Waals surface area (Å²) in [6, 6.07) is 0. The summed E-state index contributed by atoms with van der Waals surface area (Å²) in [4.78, 5) is 14.8. The zero-order chi connectivity index (χ0) is 9.14. The molecular weight excluding hydrogens is 156 g/mol. The molecule has 1 rings (SSSR count). The first-order valence-corrected chi connectivity index (χ1v) is 3.51. The van der Waals surface area contributed by atoms with E-state index in [9.17, 15) is 4.79 Å². The third kappa shape index (κ3) is 1.43. The highest BCUT2D eigenvalue weighted by atomic mass is 16.3. The fourth-order valence-corrected chi connectivity index (χ4v) is 0.920. The minimum absolute atomic E-state index is 0.144. The number of ketones is 1. The van der Waals surface area contributed by atoms with Gasteiger partial charge in [0.15, 0.2) is 11.6 Å². The van der Waals surface area contributed by atoms with Gasteiger partial charge in [-0.25, -0.2) is 4.98 Å². The van der Waals surface area contributed by atoms with Crippen LogP contribution in [0.5, 0.6) is 0 Å². The molecule has 64 valence electrons. The van der Waals surface area contributed by atoms with E-state index in [4.69, 9.17) is 5.11 Å². The molecule has 0 spiro atoms. The molecule has 1 aromatic rings. The van der Waals surface area contributed by atoms with E-state index in [-0.39, 0.29) is 12.4 Å². The van der Waals surface area contributed by atoms with Crippen LogP contribution in [0.25, 0.3) is 6.20 Å². The van der Waals surface area contributed by atoms with Gasteiger partial charge in [-0.2, -0.15) is 0 Å². The van der Waals surface area contributed by atoms with Crippen LogP contribution in [-0.4, -0.2) is 20.4 Å². The van der Waals surface area contributed by atoms with Crippen LogP contribution < -0.4 is 0 Å². The van der Waals surface area contributed by atoms with Crippen molar-refractivity contribution in [1.82, 2.24) is 9.55 Å². The first-order chi connectivity index (χ1) is 5.69. The highest BCUT2D eigenvalue weighted by Crippen LogP contribution is 2.04. The summed E-state index contributed by atoms with van der Waals surface area (Å²) in [5, 5.41) is 8.73. The van der Waals surface area contributed by atoms with E-state index in [1.54, 1.807) is 6.20 Å². The van der Waals surface area contributed by atoms with Crippen LogP contribution in [0.3, 0.4) is 0 Å². The lowest BCUT2D eigenvalue weighted by atomic mass is 10.4. The number of aromatic nitrogens is 2. The number of aliphatic hydroxyl groups excluding tert-OH is 1. The average molecular weight is 166 g/mol. The van der Waals surface area contributed by atoms with E-state index in [0.29, 0.717) is 11.5 Å². The Labute approximate surface area is 70.2 Å². The number of rotatable bonds is 3. The van der Waals surface area contributed by atoms with Crippen molar-refractivity contribution < 1.29 is 9.90 Å². The van der Waals surface area contributed by atoms with Gasteiger partial charge in [0, 0.05) is 19.3 Å². The summed E-state index contributed by atoms with van der Waals surface area (Å²) in [6.07, 6.45) is 3.05. The number of carbonyl (C=O) groups is 1. The predicted molar refractivity (Wildman–Crippen MR) is 44.5 cm³/mol. The molecular formula is C8H10N2O2. The van der Waals surface area contributed by atoms with E-state index >= 15 is 0 Å². The molecule has 0 amide bonds. The fraction of sp³-hybridized carbons (Fsp3) is 0.250. The largest absolute Gasteiger partial charge is 0.390 e. The van der Waals surface area contributed by atoms with Gasteiger partial charge in [0.2, 0.25) is 0 Å². The number of aliphatic hydroxyl groups is 1. The molecule has 0 aliphatic heterocycles. The Bertz CT molecular complexity index is 315. The Kier molecular flexibility index (Phi) is 2.40. The maximum atomic E-state index is 10.9. The van der Waals surface area contributed by atoms with Gasteiger partial charge in [-0.3, -0.25) is 4.79 Å². The molecule has 4 nitrogen and oxygen atoms in total. The van der Waals surface area contributed by atoms with Crippen molar-refractivity contribution in [2.75, 3.05) is 0 Å². The molecule has 0 aliphatic rings. The highest BCUT2D eigenvalue weighted by molar-refractivity contribution is 5.91. The Morgan fingerprint density at radius 1 is 1.92 bits per heavy atom. The van der Waals surface area contributed by atoms with Crippen molar-refractivity contribution in [3.05, 3.63) is 24.3 Å². The second-order valence-corrected chi connectivity index (χ2v) is 2.36. The van der Waals surface area contributed by atoms with E-state index in [1.165, 1.54) is 17.7 Å². The van der Waals surface area contributed by atoms with Crippen molar-refractivity contribution in [1.29, 1.82) is 0 Å². The van der Waals surface area contributed by atoms with Gasteiger partial charge in [-0.15, -0.1) is 0 Å². The van der Waals surface area contributed by atoms with Gasteiger partial charge >= 0.3 is 0 Å². The molecule has 0 aliphatic carbocycles. The summed E-state index contributed by atoms with van der Waals surface area (Å²) in [6.45, 7) is 4.77. The number of nitrogens with zero attached hydrogens (tertiary/aromatic N) is 2. The fourth-order valence-electron chi connectivity index (χ4n) is 0.920. The molecule has 0 atom stereocenters. The molecule has 0 aromatic carbocycles. The van der Waals surface area contributed by atoms with Crippen LogP contribution in [-0.2, 0) is 6.61 Å². The topological polar surface area (TPSA) is 55.1 Å². The van der Waals surface area contributed by atoms with Crippen LogP contribution in [0.1, 0.15) is 23.2 Å². The smallest absolute Gasteiger partial charge is 0.195 e. The first kappa shape index (κ1) is 8.67. The van der Waals surface area contributed by atoms with E-state index < -0.39 is 0 Å². The lowest BCUT2D eigenvalue weighted by molar-refractivity contribution is 0.100. The SMILES string of the molecule is C=Cn1cc(CO)nc1C(C)=O. The molecule has 1 aromatic heterocycles. The van der Waals surface area contributed by atoms with E-state index in [2.05, 4.69) is 11.6 Å². The number of Topliss-reactive ketones (excluding diaryl/α,β-unsaturated/α-hetero) is 1. The molecule has 4 heteroatoms. The summed E-state index contributed by atoms with van der Waals surface area (Å²) in [7, 11) is 0. The van der Waals surface area contributed by atoms with Crippen molar-refractivity contribution in [2.45, 2.75) is 13.5 Å². The van der Waals surface area contributed by atoms with Crippen LogP contribution in [0.15, 0.2) is 12.8 Å². The Morgan fingerprint density at radius 2 is 2.58 bits per heavy atom. The number of imidazole rings is 1. The first-order valence-electron chi connectivity index (χ1n) is 3.51. The van der Waals surface area contributed by atoms with E-state index in [1.807, 2.05) is 0 Å². The quantitative estimate of drug-likeness (QED) is 0.672. The third-order valence-corrected chi connectivity index (χ3v) is 1.46. The monoisotopic (exact) mass is 166 g/mol. The molecule has 1 N–H and O–H groups in total. The molecule has 12 heavy (non-hydrogen) atoms. The normalized spacial score (nSPS) is 9.83. The zero-order valence-electron chi connectivity index (χ0n) is 6.82. The maximum absolute atomic E-state index is 10.9. The Hall–Kier alpha value is -1.42. The van der Waals surface area contributed by atoms with Crippen molar-refractivity contribution in [3.8, 4) is 0 Å². The Balaban J connectivity index is 3.16. The number of carbonyl (C=O) groups excluding carboxylic acids is 1. The molecule has 0 saturated heterocycles. The molecule has 0 unspecified atom stereocenters. The van der Waals surface area contributed by atoms with Gasteiger partial charge in [-0.05, 0) is 0 Å². The van der Waals surface area contributed by atoms with Gasteiger partial charge in [0.1, 0.15) is 0 Å². The molecule has 0 saturated carbocycles. The average Bonchev–Trinajstić information content (AvgIpc) is 2.47.